The molecule has 2 heterocycles. The summed E-state index contributed by atoms with van der Waals surface area (Å²) in [7, 11) is -2.75. The molecule has 3 N–H and O–H groups in total. The van der Waals surface area contributed by atoms with Crippen molar-refractivity contribution in [1.82, 2.24) is 9.29 Å². The predicted octanol–water partition coefficient (Wildman–Crippen LogP) is 1.13. The lowest BCUT2D eigenvalue weighted by Gasteiger charge is -2.28. The quantitative estimate of drug-likeness (QED) is 0.748. The number of likely N-dealkylation sites (N-methyl/N-ethyl adjacent to an activating group) is 1. The van der Waals surface area contributed by atoms with E-state index >= 15 is 0 Å². The molecule has 1 amide bonds. The van der Waals surface area contributed by atoms with E-state index in [1.807, 2.05) is 0 Å². The molecule has 0 aliphatic carbocycles. The van der Waals surface area contributed by atoms with Crippen molar-refractivity contribution in [1.29, 1.82) is 0 Å². The summed E-state index contributed by atoms with van der Waals surface area (Å²) in [6.07, 6.45) is 1.39. The van der Waals surface area contributed by atoms with Crippen LogP contribution >= 0.6 is 11.3 Å². The van der Waals surface area contributed by atoms with Gasteiger partial charge in [-0.25, -0.2) is 13.4 Å². The number of rotatable bonds is 3. The summed E-state index contributed by atoms with van der Waals surface area (Å²) in [5.41, 5.74) is -0.328. The minimum absolute atomic E-state index is 0.0657. The lowest BCUT2D eigenvalue weighted by molar-refractivity contribution is -0.113. The number of benzene rings is 1. The van der Waals surface area contributed by atoms with Crippen LogP contribution in [-0.2, 0) is 21.4 Å². The third-order valence-electron chi connectivity index (χ3n) is 3.46. The Morgan fingerprint density at radius 2 is 2.08 bits per heavy atom. The molecule has 1 aromatic heterocycles. The zero-order valence-corrected chi connectivity index (χ0v) is 14.1. The standard InChI is InChI=1S/C14H13N3O5S2/c1-17-11(13(20)16-14-15-6-8(7-18)23-14)12(19)9-4-2-3-5-10(9)24(17,21)22/h2-6,18-19H,7H2,1H3,(H,15,16,20). The number of sulfonamides is 1. The lowest BCUT2D eigenvalue weighted by Crippen LogP contribution is -2.37. The van der Waals surface area contributed by atoms with Gasteiger partial charge in [-0.05, 0) is 12.1 Å². The van der Waals surface area contributed by atoms with E-state index in [4.69, 9.17) is 5.11 Å². The number of nitrogens with one attached hydrogen (secondary N) is 1. The molecule has 1 aliphatic rings. The van der Waals surface area contributed by atoms with Gasteiger partial charge >= 0.3 is 0 Å². The number of fused-ring (bicyclic) bond motifs is 1. The molecule has 126 valence electrons. The zero-order chi connectivity index (χ0) is 17.5. The zero-order valence-electron chi connectivity index (χ0n) is 12.4. The highest BCUT2D eigenvalue weighted by Crippen LogP contribution is 2.34. The van der Waals surface area contributed by atoms with Crippen LogP contribution in [0.25, 0.3) is 5.76 Å². The maximum Gasteiger partial charge on any atom is 0.278 e. The second kappa shape index (κ2) is 5.89. The Kier molecular flexibility index (Phi) is 4.03. The van der Waals surface area contributed by atoms with E-state index in [0.29, 0.717) is 4.88 Å². The molecule has 0 fully saturated rings. The van der Waals surface area contributed by atoms with Gasteiger partial charge in [-0.15, -0.1) is 0 Å². The van der Waals surface area contributed by atoms with E-state index in [1.54, 1.807) is 6.07 Å². The van der Waals surface area contributed by atoms with Crippen LogP contribution in [0.2, 0.25) is 0 Å². The van der Waals surface area contributed by atoms with E-state index in [-0.39, 0.29) is 22.2 Å². The van der Waals surface area contributed by atoms with Crippen LogP contribution in [0.5, 0.6) is 0 Å². The first-order valence-corrected chi connectivity index (χ1v) is 9.00. The lowest BCUT2D eigenvalue weighted by atomic mass is 10.1. The molecule has 0 atom stereocenters. The monoisotopic (exact) mass is 367 g/mol. The number of anilines is 1. The van der Waals surface area contributed by atoms with Crippen molar-refractivity contribution in [2.45, 2.75) is 11.5 Å². The Labute approximate surface area is 141 Å². The fraction of sp³-hybridized carbons (Fsp3) is 0.143. The van der Waals surface area contributed by atoms with E-state index < -0.39 is 27.4 Å². The number of aromatic nitrogens is 1. The van der Waals surface area contributed by atoms with Crippen molar-refractivity contribution >= 4 is 38.2 Å². The van der Waals surface area contributed by atoms with Crippen LogP contribution in [0.3, 0.4) is 0 Å². The van der Waals surface area contributed by atoms with Gasteiger partial charge in [-0.3, -0.25) is 14.4 Å². The summed E-state index contributed by atoms with van der Waals surface area (Å²) in [6.45, 7) is -0.219. The molecule has 10 heteroatoms. The molecule has 1 aliphatic heterocycles. The number of carbonyl (C=O) groups is 1. The molecule has 3 rings (SSSR count). The number of amides is 1. The Bertz CT molecular complexity index is 949. The highest BCUT2D eigenvalue weighted by Gasteiger charge is 2.37. The van der Waals surface area contributed by atoms with Crippen molar-refractivity contribution in [3.05, 3.63) is 46.6 Å². The van der Waals surface area contributed by atoms with Crippen LogP contribution in [0.1, 0.15) is 10.4 Å². The number of thiazole rings is 1. The molecule has 0 bridgehead atoms. The number of carbonyl (C=O) groups excluding carboxylic acids is 1. The largest absolute Gasteiger partial charge is 0.505 e. The molecule has 0 spiro atoms. The van der Waals surface area contributed by atoms with Crippen LogP contribution in [0.4, 0.5) is 5.13 Å². The average molecular weight is 367 g/mol. The van der Waals surface area contributed by atoms with Gasteiger partial charge in [0.25, 0.3) is 15.9 Å². The van der Waals surface area contributed by atoms with Crippen LogP contribution in [0, 0.1) is 0 Å². The summed E-state index contributed by atoms with van der Waals surface area (Å²) in [5.74, 6) is -1.24. The maximum atomic E-state index is 12.5. The van der Waals surface area contributed by atoms with E-state index in [2.05, 4.69) is 10.3 Å². The normalized spacial score (nSPS) is 16.0. The minimum atomic E-state index is -3.94. The van der Waals surface area contributed by atoms with Crippen LogP contribution < -0.4 is 5.32 Å². The molecule has 0 saturated heterocycles. The van der Waals surface area contributed by atoms with E-state index in [9.17, 15) is 18.3 Å². The predicted molar refractivity (Wildman–Crippen MR) is 87.6 cm³/mol. The molecular formula is C14H13N3O5S2. The van der Waals surface area contributed by atoms with Gasteiger partial charge in [0.15, 0.2) is 16.6 Å². The summed E-state index contributed by atoms with van der Waals surface area (Å²) >= 11 is 1.05. The van der Waals surface area contributed by atoms with Gasteiger partial charge in [-0.2, -0.15) is 0 Å². The van der Waals surface area contributed by atoms with Crippen LogP contribution in [-0.4, -0.2) is 40.9 Å². The highest BCUT2D eigenvalue weighted by molar-refractivity contribution is 7.89. The molecule has 8 nitrogen and oxygen atoms in total. The molecule has 1 aromatic carbocycles. The highest BCUT2D eigenvalue weighted by atomic mass is 32.2. The summed E-state index contributed by atoms with van der Waals surface area (Å²) < 4.78 is 25.8. The van der Waals surface area contributed by atoms with Gasteiger partial charge in [0.05, 0.1) is 16.4 Å². The molecule has 0 radical (unpaired) electrons. The Hall–Kier alpha value is -2.43. The number of aliphatic hydroxyl groups is 2. The maximum absolute atomic E-state index is 12.5. The van der Waals surface area contributed by atoms with Crippen molar-refractivity contribution in [3.8, 4) is 0 Å². The van der Waals surface area contributed by atoms with Crippen molar-refractivity contribution in [2.75, 3.05) is 12.4 Å². The Morgan fingerprint density at radius 3 is 2.75 bits per heavy atom. The molecular weight excluding hydrogens is 354 g/mol. The second-order valence-corrected chi connectivity index (χ2v) is 7.96. The SMILES string of the molecule is CN1C(C(=O)Nc2ncc(CO)s2)=C(O)c2ccccc2S1(=O)=O. The smallest absolute Gasteiger partial charge is 0.278 e. The van der Waals surface area contributed by atoms with Crippen molar-refractivity contribution < 1.29 is 23.4 Å². The molecule has 0 unspecified atom stereocenters. The average Bonchev–Trinajstić information content (AvgIpc) is 3.01. The number of hydrogen-bond acceptors (Lipinski definition) is 7. The topological polar surface area (TPSA) is 120 Å². The first-order valence-electron chi connectivity index (χ1n) is 6.74. The van der Waals surface area contributed by atoms with Crippen molar-refractivity contribution in [3.63, 3.8) is 0 Å². The summed E-state index contributed by atoms with van der Waals surface area (Å²) in [5, 5.41) is 22.0. The van der Waals surface area contributed by atoms with Crippen molar-refractivity contribution in [2.24, 2.45) is 0 Å². The van der Waals surface area contributed by atoms with Gasteiger partial charge in [-0.1, -0.05) is 23.5 Å². The summed E-state index contributed by atoms with van der Waals surface area (Å²) in [6, 6.07) is 5.89. The van der Waals surface area contributed by atoms with Crippen LogP contribution in [0.15, 0.2) is 41.1 Å². The number of nitrogens with zero attached hydrogens (tertiary/aromatic N) is 2. The second-order valence-electron chi connectivity index (χ2n) is 4.91. The number of hydrogen-bond donors (Lipinski definition) is 3. The first kappa shape index (κ1) is 16.4. The first-order chi connectivity index (χ1) is 11.4. The Morgan fingerprint density at radius 1 is 1.38 bits per heavy atom. The van der Waals surface area contributed by atoms with Gasteiger partial charge in [0.2, 0.25) is 0 Å². The molecule has 2 aromatic rings. The van der Waals surface area contributed by atoms with E-state index in [0.717, 1.165) is 15.6 Å². The number of aliphatic hydroxyl groups excluding tert-OH is 2. The minimum Gasteiger partial charge on any atom is -0.505 e. The van der Waals surface area contributed by atoms with Gasteiger partial charge in [0.1, 0.15) is 0 Å². The Balaban J connectivity index is 2.04. The fourth-order valence-corrected chi connectivity index (χ4v) is 4.34. The fourth-order valence-electron chi connectivity index (χ4n) is 2.28. The van der Waals surface area contributed by atoms with E-state index in [1.165, 1.54) is 31.4 Å². The van der Waals surface area contributed by atoms with Gasteiger partial charge in [0, 0.05) is 18.8 Å². The summed E-state index contributed by atoms with van der Waals surface area (Å²) in [4.78, 5) is 16.8. The third-order valence-corrected chi connectivity index (χ3v) is 6.18. The third kappa shape index (κ3) is 2.54. The molecule has 24 heavy (non-hydrogen) atoms. The molecule has 0 saturated carbocycles. The van der Waals surface area contributed by atoms with Gasteiger partial charge < -0.3 is 10.2 Å².